The van der Waals surface area contributed by atoms with Gasteiger partial charge >= 0.3 is 0 Å². The number of hydrogen-bond acceptors (Lipinski definition) is 4. The van der Waals surface area contributed by atoms with Gasteiger partial charge in [0.1, 0.15) is 0 Å². The maximum absolute atomic E-state index is 12.2. The van der Waals surface area contributed by atoms with Gasteiger partial charge in [0.2, 0.25) is 0 Å². The van der Waals surface area contributed by atoms with Crippen molar-refractivity contribution in [3.05, 3.63) is 82.5 Å². The smallest absolute Gasteiger partial charge is 0.272 e. The van der Waals surface area contributed by atoms with E-state index < -0.39 is 0 Å². The minimum atomic E-state index is -0.239. The fourth-order valence-electron chi connectivity index (χ4n) is 2.58. The topological polar surface area (TPSA) is 66.9 Å². The maximum Gasteiger partial charge on any atom is 0.272 e. The Morgan fingerprint density at radius 3 is 2.46 bits per heavy atom. The second-order valence-corrected chi connectivity index (χ2v) is 6.40. The lowest BCUT2D eigenvalue weighted by atomic mass is 10.1. The average molecular weight is 346 g/mol. The van der Waals surface area contributed by atoms with Crippen LogP contribution < -0.4 is 10.6 Å². The van der Waals surface area contributed by atoms with E-state index in [0.717, 1.165) is 11.3 Å². The Morgan fingerprint density at radius 2 is 1.77 bits per heavy atom. The van der Waals surface area contributed by atoms with Crippen LogP contribution in [-0.4, -0.2) is 16.1 Å². The van der Waals surface area contributed by atoms with E-state index in [9.17, 15) is 4.79 Å². The quantitative estimate of drug-likeness (QED) is 0.731. The number of anilines is 2. The van der Waals surface area contributed by atoms with Crippen LogP contribution in [0, 0.1) is 20.8 Å². The summed E-state index contributed by atoms with van der Waals surface area (Å²) in [6.45, 7) is 6.62. The van der Waals surface area contributed by atoms with Crippen LogP contribution in [0.25, 0.3) is 0 Å². The SMILES string of the molecule is Cc1cccc(CNC(=O)c2ccc(Nc3ccc(C)c(C)c3)nn2)c1. The molecule has 1 amide bonds. The average Bonchev–Trinajstić information content (AvgIpc) is 2.63. The summed E-state index contributed by atoms with van der Waals surface area (Å²) in [5.41, 5.74) is 5.90. The first kappa shape index (κ1) is 17.6. The number of aromatic nitrogens is 2. The lowest BCUT2D eigenvalue weighted by Gasteiger charge is -2.08. The molecule has 0 aliphatic carbocycles. The fourth-order valence-corrected chi connectivity index (χ4v) is 2.58. The number of rotatable bonds is 5. The predicted molar refractivity (Wildman–Crippen MR) is 104 cm³/mol. The number of benzene rings is 2. The van der Waals surface area contributed by atoms with Gasteiger partial charge in [0.15, 0.2) is 11.5 Å². The number of aryl methyl sites for hydroxylation is 3. The Balaban J connectivity index is 1.61. The minimum Gasteiger partial charge on any atom is -0.347 e. The molecule has 0 radical (unpaired) electrons. The first-order valence-electron chi connectivity index (χ1n) is 8.53. The molecule has 0 aliphatic heterocycles. The van der Waals surface area contributed by atoms with Gasteiger partial charge in [0.25, 0.3) is 5.91 Å². The van der Waals surface area contributed by atoms with Crippen molar-refractivity contribution in [1.82, 2.24) is 15.5 Å². The number of nitrogens with zero attached hydrogens (tertiary/aromatic N) is 2. The molecule has 0 saturated carbocycles. The van der Waals surface area contributed by atoms with Gasteiger partial charge in [-0.2, -0.15) is 0 Å². The molecule has 26 heavy (non-hydrogen) atoms. The Bertz CT molecular complexity index is 920. The monoisotopic (exact) mass is 346 g/mol. The van der Waals surface area contributed by atoms with Crippen LogP contribution in [0.3, 0.4) is 0 Å². The van der Waals surface area contributed by atoms with Crippen LogP contribution in [0.5, 0.6) is 0 Å². The van der Waals surface area contributed by atoms with E-state index >= 15 is 0 Å². The molecule has 0 saturated heterocycles. The van der Waals surface area contributed by atoms with E-state index in [0.29, 0.717) is 18.1 Å². The summed E-state index contributed by atoms with van der Waals surface area (Å²) >= 11 is 0. The van der Waals surface area contributed by atoms with E-state index in [2.05, 4.69) is 46.8 Å². The number of nitrogens with one attached hydrogen (secondary N) is 2. The summed E-state index contributed by atoms with van der Waals surface area (Å²) < 4.78 is 0. The van der Waals surface area contributed by atoms with Gasteiger partial charge in [0.05, 0.1) is 0 Å². The van der Waals surface area contributed by atoms with Crippen molar-refractivity contribution < 1.29 is 4.79 Å². The van der Waals surface area contributed by atoms with Crippen molar-refractivity contribution in [1.29, 1.82) is 0 Å². The van der Waals surface area contributed by atoms with Gasteiger partial charge in [-0.25, -0.2) is 0 Å². The zero-order valence-corrected chi connectivity index (χ0v) is 15.2. The van der Waals surface area contributed by atoms with Crippen LogP contribution in [0.2, 0.25) is 0 Å². The maximum atomic E-state index is 12.2. The van der Waals surface area contributed by atoms with Crippen LogP contribution in [0.4, 0.5) is 11.5 Å². The van der Waals surface area contributed by atoms with Crippen LogP contribution >= 0.6 is 0 Å². The van der Waals surface area contributed by atoms with E-state index in [1.165, 1.54) is 16.7 Å². The van der Waals surface area contributed by atoms with Crippen molar-refractivity contribution in [3.8, 4) is 0 Å². The Hall–Kier alpha value is -3.21. The van der Waals surface area contributed by atoms with E-state index in [1.807, 2.05) is 37.3 Å². The molecule has 132 valence electrons. The molecule has 0 bridgehead atoms. The molecule has 3 rings (SSSR count). The van der Waals surface area contributed by atoms with Crippen LogP contribution in [-0.2, 0) is 6.54 Å². The van der Waals surface area contributed by atoms with Gasteiger partial charge in [-0.3, -0.25) is 4.79 Å². The van der Waals surface area contributed by atoms with E-state index in [4.69, 9.17) is 0 Å². The lowest BCUT2D eigenvalue weighted by molar-refractivity contribution is 0.0945. The first-order valence-corrected chi connectivity index (χ1v) is 8.53. The summed E-state index contributed by atoms with van der Waals surface area (Å²) in [4.78, 5) is 12.2. The highest BCUT2D eigenvalue weighted by atomic mass is 16.1. The zero-order valence-electron chi connectivity index (χ0n) is 15.2. The third-order valence-corrected chi connectivity index (χ3v) is 4.21. The largest absolute Gasteiger partial charge is 0.347 e. The number of hydrogen-bond donors (Lipinski definition) is 2. The lowest BCUT2D eigenvalue weighted by Crippen LogP contribution is -2.24. The second kappa shape index (κ2) is 7.78. The third-order valence-electron chi connectivity index (χ3n) is 4.21. The predicted octanol–water partition coefficient (Wildman–Crippen LogP) is 4.08. The summed E-state index contributed by atoms with van der Waals surface area (Å²) in [6, 6.07) is 17.6. The van der Waals surface area contributed by atoms with Crippen molar-refractivity contribution in [2.45, 2.75) is 27.3 Å². The summed E-state index contributed by atoms with van der Waals surface area (Å²) in [6.07, 6.45) is 0. The van der Waals surface area contributed by atoms with Gasteiger partial charge in [-0.1, -0.05) is 35.9 Å². The summed E-state index contributed by atoms with van der Waals surface area (Å²) in [5.74, 6) is 0.361. The molecule has 1 heterocycles. The van der Waals surface area contributed by atoms with Gasteiger partial charge < -0.3 is 10.6 Å². The van der Waals surface area contributed by atoms with Crippen LogP contribution in [0.1, 0.15) is 32.7 Å². The molecule has 3 aromatic rings. The molecule has 2 aromatic carbocycles. The van der Waals surface area contributed by atoms with Gasteiger partial charge in [0, 0.05) is 12.2 Å². The highest BCUT2D eigenvalue weighted by Gasteiger charge is 2.08. The number of amides is 1. The molecule has 0 aliphatic rings. The standard InChI is InChI=1S/C21H22N4O/c1-14-5-4-6-17(11-14)13-22-21(26)19-9-10-20(25-24-19)23-18-8-7-15(2)16(3)12-18/h4-12H,13H2,1-3H3,(H,22,26)(H,23,25). The normalized spacial score (nSPS) is 10.4. The highest BCUT2D eigenvalue weighted by molar-refractivity contribution is 5.92. The summed E-state index contributed by atoms with van der Waals surface area (Å²) in [7, 11) is 0. The number of carbonyl (C=O) groups is 1. The van der Waals surface area contributed by atoms with Crippen molar-refractivity contribution in [3.63, 3.8) is 0 Å². The Labute approximate surface area is 153 Å². The van der Waals surface area contributed by atoms with Crippen LogP contribution in [0.15, 0.2) is 54.6 Å². The number of carbonyl (C=O) groups excluding carboxylic acids is 1. The third kappa shape index (κ3) is 4.45. The molecule has 0 unspecified atom stereocenters. The molecular formula is C21H22N4O. The Kier molecular flexibility index (Phi) is 5.27. The molecule has 0 fully saturated rings. The minimum absolute atomic E-state index is 0.239. The Morgan fingerprint density at radius 1 is 0.923 bits per heavy atom. The van der Waals surface area contributed by atoms with E-state index in [-0.39, 0.29) is 5.91 Å². The highest BCUT2D eigenvalue weighted by Crippen LogP contribution is 2.18. The van der Waals surface area contributed by atoms with Crippen molar-refractivity contribution in [2.24, 2.45) is 0 Å². The van der Waals surface area contributed by atoms with E-state index in [1.54, 1.807) is 12.1 Å². The molecular weight excluding hydrogens is 324 g/mol. The molecule has 1 aromatic heterocycles. The first-order chi connectivity index (χ1) is 12.5. The molecule has 0 spiro atoms. The van der Waals surface area contributed by atoms with Gasteiger partial charge in [-0.15, -0.1) is 10.2 Å². The fraction of sp³-hybridized carbons (Fsp3) is 0.190. The summed E-state index contributed by atoms with van der Waals surface area (Å²) in [5, 5.41) is 14.2. The molecule has 2 N–H and O–H groups in total. The van der Waals surface area contributed by atoms with Crippen molar-refractivity contribution in [2.75, 3.05) is 5.32 Å². The van der Waals surface area contributed by atoms with Crippen molar-refractivity contribution >= 4 is 17.4 Å². The van der Waals surface area contributed by atoms with Gasteiger partial charge in [-0.05, 0) is 61.7 Å². The molecule has 5 nitrogen and oxygen atoms in total. The molecule has 0 atom stereocenters. The second-order valence-electron chi connectivity index (χ2n) is 6.40. The molecule has 5 heteroatoms. The zero-order chi connectivity index (χ0) is 18.5.